The minimum Gasteiger partial charge on any atom is -0.606 e. The molecule has 1 aliphatic heterocycles. The summed E-state index contributed by atoms with van der Waals surface area (Å²) in [5, 5.41) is 0. The zero-order valence-corrected chi connectivity index (χ0v) is 13.7. The number of ketones is 1. The first-order chi connectivity index (χ1) is 10.4. The molecule has 0 saturated heterocycles. The Kier molecular flexibility index (Phi) is 3.85. The third-order valence-electron chi connectivity index (χ3n) is 4.13. The van der Waals surface area contributed by atoms with Crippen molar-refractivity contribution in [2.45, 2.75) is 35.7 Å². The van der Waals surface area contributed by atoms with Crippen molar-refractivity contribution in [3.05, 3.63) is 59.2 Å². The third kappa shape index (κ3) is 2.47. The maximum Gasteiger partial charge on any atom is 0.194 e. The van der Waals surface area contributed by atoms with Crippen LogP contribution >= 0.6 is 0 Å². The maximum absolute atomic E-state index is 12.6. The number of rotatable bonds is 3. The Bertz CT molecular complexity index is 737. The normalized spacial score (nSPS) is 16.8. The lowest BCUT2D eigenvalue weighted by atomic mass is 9.93. The summed E-state index contributed by atoms with van der Waals surface area (Å²) >= 11 is -1.18. The Morgan fingerprint density at radius 3 is 2.55 bits per heavy atom. The highest BCUT2D eigenvalue weighted by Gasteiger charge is 2.32. The summed E-state index contributed by atoms with van der Waals surface area (Å²) in [6.45, 7) is 3.50. The van der Waals surface area contributed by atoms with Gasteiger partial charge in [-0.1, -0.05) is 18.2 Å². The van der Waals surface area contributed by atoms with Crippen molar-refractivity contribution < 1.29 is 14.1 Å². The first kappa shape index (κ1) is 15.3. The van der Waals surface area contributed by atoms with Gasteiger partial charge in [0.2, 0.25) is 0 Å². The van der Waals surface area contributed by atoms with Gasteiger partial charge < -0.3 is 9.29 Å². The van der Waals surface area contributed by atoms with Crippen LogP contribution in [0.1, 0.15) is 35.3 Å². The third-order valence-corrected chi connectivity index (χ3v) is 5.73. The van der Waals surface area contributed by atoms with Crippen LogP contribution in [0.4, 0.5) is 0 Å². The van der Waals surface area contributed by atoms with E-state index in [4.69, 9.17) is 4.74 Å². The molecule has 1 heterocycles. The smallest absolute Gasteiger partial charge is 0.194 e. The standard InChI is InChI=1S/C18H18O3S/c1-18(2,21-3)17(19)13-8-9-16-14(11-13)10-12-6-4-5-7-15(12)22(16)20/h4-9,11H,10H2,1-3H3. The van der Waals surface area contributed by atoms with Gasteiger partial charge in [0, 0.05) is 41.4 Å². The molecule has 2 aromatic carbocycles. The molecule has 0 N–H and O–H groups in total. The van der Waals surface area contributed by atoms with Crippen LogP contribution in [-0.4, -0.2) is 23.0 Å². The molecule has 0 saturated carbocycles. The molecule has 0 amide bonds. The van der Waals surface area contributed by atoms with E-state index < -0.39 is 16.8 Å². The van der Waals surface area contributed by atoms with Crippen LogP contribution < -0.4 is 0 Å². The van der Waals surface area contributed by atoms with Crippen LogP contribution in [0.25, 0.3) is 0 Å². The van der Waals surface area contributed by atoms with Gasteiger partial charge in [-0.05, 0) is 38.1 Å². The first-order valence-electron chi connectivity index (χ1n) is 7.16. The van der Waals surface area contributed by atoms with Crippen LogP contribution in [0.2, 0.25) is 0 Å². The van der Waals surface area contributed by atoms with Gasteiger partial charge in [-0.15, -0.1) is 0 Å². The van der Waals surface area contributed by atoms with E-state index in [1.807, 2.05) is 30.3 Å². The summed E-state index contributed by atoms with van der Waals surface area (Å²) in [7, 11) is 1.53. The lowest BCUT2D eigenvalue weighted by Crippen LogP contribution is -2.34. The highest BCUT2D eigenvalue weighted by molar-refractivity contribution is 7.91. The molecular weight excluding hydrogens is 296 g/mol. The zero-order valence-electron chi connectivity index (χ0n) is 12.9. The topological polar surface area (TPSA) is 49.4 Å². The molecular formula is C18H18O3S. The van der Waals surface area contributed by atoms with Gasteiger partial charge in [0.15, 0.2) is 15.6 Å². The molecule has 0 fully saturated rings. The molecule has 4 heteroatoms. The van der Waals surface area contributed by atoms with Crippen molar-refractivity contribution in [2.75, 3.05) is 7.11 Å². The molecule has 0 radical (unpaired) electrons. The fraction of sp³-hybridized carbons (Fsp3) is 0.278. The number of Topliss-reactive ketones (excluding diaryl/α,β-unsaturated/α-hetero) is 1. The van der Waals surface area contributed by atoms with Crippen LogP contribution in [0.15, 0.2) is 52.3 Å². The van der Waals surface area contributed by atoms with Crippen molar-refractivity contribution in [3.63, 3.8) is 0 Å². The van der Waals surface area contributed by atoms with E-state index in [1.165, 1.54) is 7.11 Å². The lowest BCUT2D eigenvalue weighted by molar-refractivity contribution is 0.0228. The SMILES string of the molecule is COC(C)(C)C(=O)c1ccc2c(c1)Cc1ccccc1[S+]2[O-]. The van der Waals surface area contributed by atoms with E-state index in [-0.39, 0.29) is 5.78 Å². The number of carbonyl (C=O) groups is 1. The molecule has 0 aromatic heterocycles. The molecule has 22 heavy (non-hydrogen) atoms. The number of carbonyl (C=O) groups excluding carboxylic acids is 1. The molecule has 2 aromatic rings. The number of hydrogen-bond donors (Lipinski definition) is 0. The highest BCUT2D eigenvalue weighted by atomic mass is 32.2. The Morgan fingerprint density at radius 2 is 1.82 bits per heavy atom. The van der Waals surface area contributed by atoms with E-state index in [2.05, 4.69) is 0 Å². The molecule has 0 bridgehead atoms. The molecule has 114 valence electrons. The molecule has 3 nitrogen and oxygen atoms in total. The minimum atomic E-state index is -1.18. The van der Waals surface area contributed by atoms with Crippen molar-refractivity contribution >= 4 is 17.0 Å². The van der Waals surface area contributed by atoms with Crippen LogP contribution in [0.5, 0.6) is 0 Å². The summed E-state index contributed by atoms with van der Waals surface area (Å²) in [5.74, 6) is -0.0672. The molecule has 1 aliphatic rings. The number of benzene rings is 2. The minimum absolute atomic E-state index is 0.0672. The summed E-state index contributed by atoms with van der Waals surface area (Å²) in [6.07, 6.45) is 0.700. The Hall–Kier alpha value is -1.62. The maximum atomic E-state index is 12.6. The van der Waals surface area contributed by atoms with Crippen LogP contribution in [0, 0.1) is 0 Å². The predicted octanol–water partition coefficient (Wildman–Crippen LogP) is 3.37. The summed E-state index contributed by atoms with van der Waals surface area (Å²) in [5.41, 5.74) is 1.75. The monoisotopic (exact) mass is 314 g/mol. The van der Waals surface area contributed by atoms with E-state index in [1.54, 1.807) is 26.0 Å². The molecule has 0 spiro atoms. The summed E-state index contributed by atoms with van der Waals surface area (Å²) < 4.78 is 17.9. The van der Waals surface area contributed by atoms with Gasteiger partial charge in [0.25, 0.3) is 0 Å². The van der Waals surface area contributed by atoms with Gasteiger partial charge >= 0.3 is 0 Å². The average Bonchev–Trinajstić information content (AvgIpc) is 2.54. The zero-order chi connectivity index (χ0) is 15.9. The number of hydrogen-bond acceptors (Lipinski definition) is 3. The first-order valence-corrected chi connectivity index (χ1v) is 8.31. The number of ether oxygens (including phenoxy) is 1. The van der Waals surface area contributed by atoms with Crippen molar-refractivity contribution in [1.82, 2.24) is 0 Å². The Labute approximate surface area is 133 Å². The van der Waals surface area contributed by atoms with Gasteiger partial charge in [-0.25, -0.2) is 0 Å². The average molecular weight is 314 g/mol. The number of fused-ring (bicyclic) bond motifs is 2. The Morgan fingerprint density at radius 1 is 1.14 bits per heavy atom. The molecule has 0 aliphatic carbocycles. The largest absolute Gasteiger partial charge is 0.606 e. The summed E-state index contributed by atoms with van der Waals surface area (Å²) in [4.78, 5) is 14.2. The fourth-order valence-corrected chi connectivity index (χ4v) is 4.01. The second-order valence-electron chi connectivity index (χ2n) is 5.92. The quantitative estimate of drug-likeness (QED) is 0.645. The van der Waals surface area contributed by atoms with Crippen molar-refractivity contribution in [3.8, 4) is 0 Å². The predicted molar refractivity (Wildman–Crippen MR) is 85.8 cm³/mol. The highest BCUT2D eigenvalue weighted by Crippen LogP contribution is 2.35. The van der Waals surface area contributed by atoms with E-state index in [0.29, 0.717) is 12.0 Å². The van der Waals surface area contributed by atoms with Gasteiger partial charge in [-0.3, -0.25) is 4.79 Å². The Balaban J connectivity index is 2.02. The van der Waals surface area contributed by atoms with E-state index in [9.17, 15) is 9.35 Å². The van der Waals surface area contributed by atoms with Crippen molar-refractivity contribution in [2.24, 2.45) is 0 Å². The van der Waals surface area contributed by atoms with Gasteiger partial charge in [-0.2, -0.15) is 0 Å². The molecule has 1 atom stereocenters. The number of methoxy groups -OCH3 is 1. The second-order valence-corrected chi connectivity index (χ2v) is 7.34. The fourth-order valence-electron chi connectivity index (χ4n) is 2.63. The summed E-state index contributed by atoms with van der Waals surface area (Å²) in [6, 6.07) is 13.1. The van der Waals surface area contributed by atoms with E-state index >= 15 is 0 Å². The lowest BCUT2D eigenvalue weighted by Gasteiger charge is -2.24. The molecule has 1 unspecified atom stereocenters. The molecule has 3 rings (SSSR count). The van der Waals surface area contributed by atoms with Crippen molar-refractivity contribution in [1.29, 1.82) is 0 Å². The van der Waals surface area contributed by atoms with Crippen LogP contribution in [0.3, 0.4) is 0 Å². The van der Waals surface area contributed by atoms with Crippen LogP contribution in [-0.2, 0) is 22.3 Å². The van der Waals surface area contributed by atoms with Gasteiger partial charge in [0.05, 0.1) is 0 Å². The van der Waals surface area contributed by atoms with Gasteiger partial charge in [0.1, 0.15) is 5.60 Å². The van der Waals surface area contributed by atoms with E-state index in [0.717, 1.165) is 20.9 Å². The second kappa shape index (κ2) is 5.54.